The quantitative estimate of drug-likeness (QED) is 0.739. The molecule has 1 N–H and O–H groups in total. The third kappa shape index (κ3) is 2.34. The molecule has 0 unspecified atom stereocenters. The fourth-order valence-corrected chi connectivity index (χ4v) is 3.13. The first-order valence-corrected chi connectivity index (χ1v) is 7.67. The molecule has 1 aliphatic rings. The van der Waals surface area contributed by atoms with Gasteiger partial charge in [-0.2, -0.15) is 0 Å². The van der Waals surface area contributed by atoms with Crippen LogP contribution in [0.2, 0.25) is 0 Å². The topological polar surface area (TPSA) is 77.9 Å². The van der Waals surface area contributed by atoms with Gasteiger partial charge in [-0.1, -0.05) is 6.07 Å². The van der Waals surface area contributed by atoms with Crippen LogP contribution in [0.1, 0.15) is 16.1 Å². The number of aromatic hydroxyl groups is 1. The van der Waals surface area contributed by atoms with Crippen LogP contribution in [0.3, 0.4) is 0 Å². The Morgan fingerprint density at radius 1 is 1.04 bits per heavy atom. The van der Waals surface area contributed by atoms with E-state index in [1.54, 1.807) is 38.5 Å². The maximum Gasteiger partial charge on any atom is 0.341 e. The van der Waals surface area contributed by atoms with Gasteiger partial charge < -0.3 is 19.3 Å². The predicted octanol–water partition coefficient (Wildman–Crippen LogP) is 3.30. The third-order valence-corrected chi connectivity index (χ3v) is 4.26. The van der Waals surface area contributed by atoms with Gasteiger partial charge in [-0.3, -0.25) is 0 Å². The van der Waals surface area contributed by atoms with Crippen molar-refractivity contribution in [2.75, 3.05) is 14.2 Å². The monoisotopic (exact) mass is 337 g/mol. The molecule has 0 atom stereocenters. The summed E-state index contributed by atoms with van der Waals surface area (Å²) in [5, 5.41) is 10.5. The number of rotatable bonds is 3. The van der Waals surface area contributed by atoms with Gasteiger partial charge in [0, 0.05) is 17.0 Å². The zero-order chi connectivity index (χ0) is 17.6. The van der Waals surface area contributed by atoms with Crippen LogP contribution in [0.4, 0.5) is 0 Å². The van der Waals surface area contributed by atoms with E-state index in [1.807, 2.05) is 12.1 Å². The lowest BCUT2D eigenvalue weighted by molar-refractivity contribution is 0.0534. The summed E-state index contributed by atoms with van der Waals surface area (Å²) in [5.74, 6) is 0.871. The standard InChI is InChI=1S/C19H15NO5/c1-23-15-6-3-10(7-16(15)24-2)17-12-5-4-11(21)8-13(12)20-14-9-25-19(22)18(14)17/h3-8,21H,9H2,1-2H3. The highest BCUT2D eigenvalue weighted by Crippen LogP contribution is 2.40. The summed E-state index contributed by atoms with van der Waals surface area (Å²) in [6.07, 6.45) is 0. The molecule has 0 bridgehead atoms. The van der Waals surface area contributed by atoms with Gasteiger partial charge >= 0.3 is 5.97 Å². The van der Waals surface area contributed by atoms with Crippen molar-refractivity contribution < 1.29 is 24.1 Å². The molecule has 0 spiro atoms. The minimum absolute atomic E-state index is 0.114. The highest BCUT2D eigenvalue weighted by molar-refractivity contribution is 6.09. The van der Waals surface area contributed by atoms with Crippen LogP contribution in [-0.4, -0.2) is 30.3 Å². The summed E-state index contributed by atoms with van der Waals surface area (Å²) in [5.41, 5.74) is 3.11. The van der Waals surface area contributed by atoms with E-state index < -0.39 is 5.97 Å². The average molecular weight is 337 g/mol. The Balaban J connectivity index is 2.07. The molecule has 0 radical (unpaired) electrons. The molecule has 25 heavy (non-hydrogen) atoms. The highest BCUT2D eigenvalue weighted by Gasteiger charge is 2.29. The molecule has 2 aromatic carbocycles. The number of pyridine rings is 1. The maximum absolute atomic E-state index is 12.3. The van der Waals surface area contributed by atoms with Crippen molar-refractivity contribution >= 4 is 16.9 Å². The third-order valence-electron chi connectivity index (χ3n) is 4.26. The number of hydrogen-bond donors (Lipinski definition) is 1. The van der Waals surface area contributed by atoms with Gasteiger partial charge in [0.1, 0.15) is 12.4 Å². The lowest BCUT2D eigenvalue weighted by atomic mass is 9.94. The Bertz CT molecular complexity index is 1010. The van der Waals surface area contributed by atoms with Crippen molar-refractivity contribution in [2.24, 2.45) is 0 Å². The molecule has 2 heterocycles. The number of nitrogens with zero attached hydrogens (tertiary/aromatic N) is 1. The minimum Gasteiger partial charge on any atom is -0.508 e. The number of phenolic OH excluding ortho intramolecular Hbond substituents is 1. The zero-order valence-corrected chi connectivity index (χ0v) is 13.7. The molecule has 0 fully saturated rings. The van der Waals surface area contributed by atoms with Crippen LogP contribution in [0.25, 0.3) is 22.0 Å². The summed E-state index contributed by atoms with van der Waals surface area (Å²) >= 11 is 0. The lowest BCUT2D eigenvalue weighted by Gasteiger charge is -2.13. The molecule has 6 nitrogen and oxygen atoms in total. The molecule has 1 aromatic heterocycles. The van der Waals surface area contributed by atoms with E-state index in [9.17, 15) is 9.90 Å². The molecule has 3 aromatic rings. The Kier molecular flexibility index (Phi) is 3.46. The molecular weight excluding hydrogens is 322 g/mol. The highest BCUT2D eigenvalue weighted by atomic mass is 16.5. The first-order chi connectivity index (χ1) is 12.1. The molecule has 0 saturated carbocycles. The van der Waals surface area contributed by atoms with Crippen LogP contribution in [0.5, 0.6) is 17.2 Å². The van der Waals surface area contributed by atoms with Crippen molar-refractivity contribution in [2.45, 2.75) is 6.61 Å². The van der Waals surface area contributed by atoms with Crippen LogP contribution in [0, 0.1) is 0 Å². The van der Waals surface area contributed by atoms with Crippen molar-refractivity contribution in [3.8, 4) is 28.4 Å². The summed E-state index contributed by atoms with van der Waals surface area (Å²) in [6.45, 7) is 0.125. The lowest BCUT2D eigenvalue weighted by Crippen LogP contribution is -2.01. The van der Waals surface area contributed by atoms with E-state index in [2.05, 4.69) is 4.98 Å². The molecule has 0 saturated heterocycles. The molecule has 1 aliphatic heterocycles. The van der Waals surface area contributed by atoms with Crippen LogP contribution in [0.15, 0.2) is 36.4 Å². The predicted molar refractivity (Wildman–Crippen MR) is 91.1 cm³/mol. The molecule has 0 amide bonds. The van der Waals surface area contributed by atoms with Gasteiger partial charge in [0.15, 0.2) is 11.5 Å². The number of ether oxygens (including phenoxy) is 3. The number of carbonyl (C=O) groups excluding carboxylic acids is 1. The summed E-state index contributed by atoms with van der Waals surface area (Å²) < 4.78 is 15.8. The van der Waals surface area contributed by atoms with Crippen molar-refractivity contribution in [3.63, 3.8) is 0 Å². The fourth-order valence-electron chi connectivity index (χ4n) is 3.13. The fraction of sp³-hybridized carbons (Fsp3) is 0.158. The number of aromatic nitrogens is 1. The molecule has 0 aliphatic carbocycles. The minimum atomic E-state index is -0.401. The Labute approximate surface area is 143 Å². The number of fused-ring (bicyclic) bond motifs is 2. The Morgan fingerprint density at radius 3 is 2.60 bits per heavy atom. The second kappa shape index (κ2) is 5.66. The first kappa shape index (κ1) is 15.3. The molecular formula is C19H15NO5. The summed E-state index contributed by atoms with van der Waals surface area (Å²) in [6, 6.07) is 10.3. The van der Waals surface area contributed by atoms with E-state index in [0.717, 1.165) is 10.9 Å². The van der Waals surface area contributed by atoms with Crippen LogP contribution < -0.4 is 9.47 Å². The van der Waals surface area contributed by atoms with E-state index in [-0.39, 0.29) is 12.4 Å². The second-order valence-corrected chi connectivity index (χ2v) is 5.66. The van der Waals surface area contributed by atoms with E-state index >= 15 is 0 Å². The Morgan fingerprint density at radius 2 is 1.84 bits per heavy atom. The van der Waals surface area contributed by atoms with Gasteiger partial charge in [-0.15, -0.1) is 0 Å². The summed E-state index contributed by atoms with van der Waals surface area (Å²) in [7, 11) is 3.13. The van der Waals surface area contributed by atoms with E-state index in [0.29, 0.717) is 33.8 Å². The van der Waals surface area contributed by atoms with Gasteiger partial charge in [0.2, 0.25) is 0 Å². The van der Waals surface area contributed by atoms with E-state index in [1.165, 1.54) is 0 Å². The van der Waals surface area contributed by atoms with Crippen LogP contribution >= 0.6 is 0 Å². The number of phenols is 1. The number of cyclic esters (lactones) is 1. The van der Waals surface area contributed by atoms with Gasteiger partial charge in [0.05, 0.1) is 31.0 Å². The van der Waals surface area contributed by atoms with Gasteiger partial charge in [0.25, 0.3) is 0 Å². The van der Waals surface area contributed by atoms with Gasteiger partial charge in [-0.25, -0.2) is 9.78 Å². The first-order valence-electron chi connectivity index (χ1n) is 7.67. The van der Waals surface area contributed by atoms with Crippen LogP contribution in [-0.2, 0) is 11.3 Å². The van der Waals surface area contributed by atoms with Crippen molar-refractivity contribution in [1.82, 2.24) is 4.98 Å². The van der Waals surface area contributed by atoms with Crippen molar-refractivity contribution in [1.29, 1.82) is 0 Å². The Hall–Kier alpha value is -3.28. The molecule has 126 valence electrons. The second-order valence-electron chi connectivity index (χ2n) is 5.66. The number of methoxy groups -OCH3 is 2. The van der Waals surface area contributed by atoms with Gasteiger partial charge in [-0.05, 0) is 29.8 Å². The molecule has 6 heteroatoms. The summed E-state index contributed by atoms with van der Waals surface area (Å²) in [4.78, 5) is 16.7. The maximum atomic E-state index is 12.3. The number of hydrogen-bond acceptors (Lipinski definition) is 6. The SMILES string of the molecule is COc1ccc(-c2c3c(nc4cc(O)ccc24)COC3=O)cc1OC. The normalized spacial score (nSPS) is 12.8. The number of esters is 1. The molecule has 4 rings (SSSR count). The largest absolute Gasteiger partial charge is 0.508 e. The number of carbonyl (C=O) groups is 1. The zero-order valence-electron chi connectivity index (χ0n) is 13.7. The van der Waals surface area contributed by atoms with E-state index in [4.69, 9.17) is 14.2 Å². The van der Waals surface area contributed by atoms with Crippen molar-refractivity contribution in [3.05, 3.63) is 47.7 Å². The smallest absolute Gasteiger partial charge is 0.341 e. The number of benzene rings is 2. The average Bonchev–Trinajstić information content (AvgIpc) is 2.99.